The van der Waals surface area contributed by atoms with Crippen molar-refractivity contribution < 1.29 is 4.74 Å². The average Bonchev–Trinajstić information content (AvgIpc) is 2.17. The Balaban J connectivity index is 2.11. The number of nitrogens with zero attached hydrogens (tertiary/aromatic N) is 1. The van der Waals surface area contributed by atoms with Crippen molar-refractivity contribution >= 4 is 0 Å². The smallest absolute Gasteiger partial charge is 0.0760 e. The highest BCUT2D eigenvalue weighted by Gasteiger charge is 2.42. The summed E-state index contributed by atoms with van der Waals surface area (Å²) in [6.07, 6.45) is 3.70. The van der Waals surface area contributed by atoms with Crippen LogP contribution in [0.1, 0.15) is 53.9 Å². The predicted molar refractivity (Wildman–Crippen MR) is 75.6 cm³/mol. The summed E-state index contributed by atoms with van der Waals surface area (Å²) >= 11 is 0. The highest BCUT2D eigenvalue weighted by Crippen LogP contribution is 2.34. The Morgan fingerprint density at radius 1 is 1.06 bits per heavy atom. The maximum Gasteiger partial charge on any atom is 0.0760 e. The van der Waals surface area contributed by atoms with Gasteiger partial charge in [0.1, 0.15) is 0 Å². The van der Waals surface area contributed by atoms with Crippen molar-refractivity contribution in [1.82, 2.24) is 4.90 Å². The Kier molecular flexibility index (Phi) is 3.79. The summed E-state index contributed by atoms with van der Waals surface area (Å²) in [5.41, 5.74) is 6.23. The van der Waals surface area contributed by atoms with Crippen molar-refractivity contribution in [2.45, 2.75) is 77.2 Å². The van der Waals surface area contributed by atoms with E-state index in [0.717, 1.165) is 19.0 Å². The van der Waals surface area contributed by atoms with Crippen LogP contribution in [0.15, 0.2) is 0 Å². The lowest BCUT2D eigenvalue weighted by atomic mass is 9.81. The lowest BCUT2D eigenvalue weighted by Crippen LogP contribution is -2.63. The van der Waals surface area contributed by atoms with Crippen molar-refractivity contribution in [2.24, 2.45) is 11.7 Å². The standard InChI is InChI=1S/C15H30N2O/c1-11-6-7-12(16)13(8-11)17-9-14(2,3)18-15(4,5)10-17/h11-13H,6-10,16H2,1-5H3. The van der Waals surface area contributed by atoms with Crippen LogP contribution in [0.3, 0.4) is 0 Å². The van der Waals surface area contributed by atoms with Crippen LogP contribution >= 0.6 is 0 Å². The van der Waals surface area contributed by atoms with Crippen LogP contribution < -0.4 is 5.73 Å². The topological polar surface area (TPSA) is 38.5 Å². The van der Waals surface area contributed by atoms with Gasteiger partial charge in [0.25, 0.3) is 0 Å². The molecule has 0 aromatic rings. The lowest BCUT2D eigenvalue weighted by molar-refractivity contribution is -0.191. The van der Waals surface area contributed by atoms with Gasteiger partial charge in [0.05, 0.1) is 11.2 Å². The van der Waals surface area contributed by atoms with Crippen molar-refractivity contribution in [1.29, 1.82) is 0 Å². The second-order valence-corrected chi connectivity index (χ2v) is 7.68. The molecular weight excluding hydrogens is 224 g/mol. The van der Waals surface area contributed by atoms with Crippen LogP contribution in [0, 0.1) is 5.92 Å². The third-order valence-corrected chi connectivity index (χ3v) is 4.32. The first-order valence-electron chi connectivity index (χ1n) is 7.38. The van der Waals surface area contributed by atoms with E-state index >= 15 is 0 Å². The zero-order valence-corrected chi connectivity index (χ0v) is 12.7. The Labute approximate surface area is 112 Å². The fraction of sp³-hybridized carbons (Fsp3) is 1.00. The predicted octanol–water partition coefficient (Wildman–Crippen LogP) is 2.39. The van der Waals surface area contributed by atoms with Gasteiger partial charge in [-0.2, -0.15) is 0 Å². The molecule has 3 atom stereocenters. The van der Waals surface area contributed by atoms with E-state index in [-0.39, 0.29) is 11.2 Å². The molecule has 2 rings (SSSR count). The van der Waals surface area contributed by atoms with Crippen LogP contribution in [-0.2, 0) is 4.74 Å². The molecule has 2 fully saturated rings. The quantitative estimate of drug-likeness (QED) is 0.781. The van der Waals surface area contributed by atoms with Gasteiger partial charge >= 0.3 is 0 Å². The number of nitrogens with two attached hydrogens (primary N) is 1. The molecule has 1 aliphatic heterocycles. The highest BCUT2D eigenvalue weighted by atomic mass is 16.5. The Bertz CT molecular complexity index is 285. The van der Waals surface area contributed by atoms with Crippen molar-refractivity contribution in [3.63, 3.8) is 0 Å². The number of hydrogen-bond acceptors (Lipinski definition) is 3. The van der Waals surface area contributed by atoms with Gasteiger partial charge < -0.3 is 10.5 Å². The molecule has 1 saturated carbocycles. The normalized spacial score (nSPS) is 40.7. The summed E-state index contributed by atoms with van der Waals surface area (Å²) in [6, 6.07) is 0.877. The van der Waals surface area contributed by atoms with E-state index in [2.05, 4.69) is 39.5 Å². The molecule has 0 radical (unpaired) electrons. The van der Waals surface area contributed by atoms with Crippen LogP contribution in [0.4, 0.5) is 0 Å². The monoisotopic (exact) mass is 254 g/mol. The first kappa shape index (κ1) is 14.3. The van der Waals surface area contributed by atoms with Crippen molar-refractivity contribution in [3.05, 3.63) is 0 Å². The maximum absolute atomic E-state index is 6.37. The molecule has 0 amide bonds. The minimum absolute atomic E-state index is 0.0673. The number of hydrogen-bond donors (Lipinski definition) is 1. The molecule has 2 N–H and O–H groups in total. The van der Waals surface area contributed by atoms with Gasteiger partial charge in [-0.3, -0.25) is 4.90 Å². The first-order valence-corrected chi connectivity index (χ1v) is 7.38. The van der Waals surface area contributed by atoms with Crippen molar-refractivity contribution in [2.75, 3.05) is 13.1 Å². The average molecular weight is 254 g/mol. The molecule has 2 aliphatic rings. The second-order valence-electron chi connectivity index (χ2n) is 7.68. The fourth-order valence-corrected chi connectivity index (χ4v) is 3.88. The lowest BCUT2D eigenvalue weighted by Gasteiger charge is -2.52. The van der Waals surface area contributed by atoms with Gasteiger partial charge in [0, 0.05) is 25.2 Å². The molecule has 3 nitrogen and oxygen atoms in total. The number of ether oxygens (including phenoxy) is 1. The zero-order chi connectivity index (χ0) is 13.6. The van der Waals surface area contributed by atoms with E-state index in [1.165, 1.54) is 19.3 Å². The van der Waals surface area contributed by atoms with Gasteiger partial charge in [-0.15, -0.1) is 0 Å². The molecule has 0 bridgehead atoms. The maximum atomic E-state index is 6.37. The van der Waals surface area contributed by atoms with Crippen LogP contribution in [0.2, 0.25) is 0 Å². The molecule has 1 heterocycles. The summed E-state index contributed by atoms with van der Waals surface area (Å²) in [4.78, 5) is 2.59. The van der Waals surface area contributed by atoms with E-state index < -0.39 is 0 Å². The molecular formula is C15H30N2O. The molecule has 1 aliphatic carbocycles. The summed E-state index contributed by atoms with van der Waals surface area (Å²) in [5.74, 6) is 0.809. The van der Waals surface area contributed by atoms with Crippen LogP contribution in [-0.4, -0.2) is 41.3 Å². The van der Waals surface area contributed by atoms with E-state index in [9.17, 15) is 0 Å². The highest BCUT2D eigenvalue weighted by molar-refractivity contribution is 4.96. The van der Waals surface area contributed by atoms with Gasteiger partial charge in [0.15, 0.2) is 0 Å². The summed E-state index contributed by atoms with van der Waals surface area (Å²) in [5, 5.41) is 0. The van der Waals surface area contributed by atoms with Gasteiger partial charge in [0.2, 0.25) is 0 Å². The van der Waals surface area contributed by atoms with Crippen molar-refractivity contribution in [3.8, 4) is 0 Å². The first-order chi connectivity index (χ1) is 8.19. The number of rotatable bonds is 1. The molecule has 0 aromatic heterocycles. The summed E-state index contributed by atoms with van der Waals surface area (Å²) in [6.45, 7) is 13.1. The van der Waals surface area contributed by atoms with E-state index in [1.807, 2.05) is 0 Å². The SMILES string of the molecule is CC1CCC(N)C(N2CC(C)(C)OC(C)(C)C2)C1. The Morgan fingerprint density at radius 2 is 1.61 bits per heavy atom. The minimum atomic E-state index is -0.0673. The molecule has 0 aromatic carbocycles. The molecule has 106 valence electrons. The van der Waals surface area contributed by atoms with Gasteiger partial charge in [-0.05, 0) is 52.9 Å². The van der Waals surface area contributed by atoms with E-state index in [0.29, 0.717) is 12.1 Å². The van der Waals surface area contributed by atoms with Crippen LogP contribution in [0.25, 0.3) is 0 Å². The van der Waals surface area contributed by atoms with Crippen LogP contribution in [0.5, 0.6) is 0 Å². The van der Waals surface area contributed by atoms with E-state index in [1.54, 1.807) is 0 Å². The third kappa shape index (κ3) is 3.25. The second kappa shape index (κ2) is 4.77. The third-order valence-electron chi connectivity index (χ3n) is 4.32. The van der Waals surface area contributed by atoms with Gasteiger partial charge in [-0.1, -0.05) is 6.92 Å². The largest absolute Gasteiger partial charge is 0.367 e. The van der Waals surface area contributed by atoms with Gasteiger partial charge in [-0.25, -0.2) is 0 Å². The molecule has 3 unspecified atom stereocenters. The molecule has 0 spiro atoms. The van der Waals surface area contributed by atoms with E-state index in [4.69, 9.17) is 10.5 Å². The minimum Gasteiger partial charge on any atom is -0.367 e. The number of morpholine rings is 1. The fourth-order valence-electron chi connectivity index (χ4n) is 3.88. The summed E-state index contributed by atoms with van der Waals surface area (Å²) < 4.78 is 6.16. The summed E-state index contributed by atoms with van der Waals surface area (Å²) in [7, 11) is 0. The molecule has 3 heteroatoms. The Hall–Kier alpha value is -0.120. The Morgan fingerprint density at radius 3 is 2.17 bits per heavy atom. The molecule has 1 saturated heterocycles. The zero-order valence-electron chi connectivity index (χ0n) is 12.7. The molecule has 18 heavy (non-hydrogen) atoms.